The first-order valence-electron chi connectivity index (χ1n) is 7.91. The van der Waals surface area contributed by atoms with Crippen molar-refractivity contribution in [2.75, 3.05) is 32.9 Å². The van der Waals surface area contributed by atoms with Crippen molar-refractivity contribution in [2.45, 2.75) is 13.5 Å². The van der Waals surface area contributed by atoms with Crippen LogP contribution >= 0.6 is 15.9 Å². The number of carbonyl (C=O) groups is 1. The smallest absolute Gasteiger partial charge is 0.343 e. The molecule has 24 heavy (non-hydrogen) atoms. The lowest BCUT2D eigenvalue weighted by Crippen LogP contribution is -2.36. The number of ether oxygens (including phenoxy) is 2. The van der Waals surface area contributed by atoms with E-state index in [1.54, 1.807) is 19.2 Å². The lowest BCUT2D eigenvalue weighted by molar-refractivity contribution is 0.0342. The van der Waals surface area contributed by atoms with E-state index in [0.29, 0.717) is 19.8 Å². The van der Waals surface area contributed by atoms with Crippen LogP contribution in [0.15, 0.2) is 33.7 Å². The van der Waals surface area contributed by atoms with Crippen molar-refractivity contribution in [2.24, 2.45) is 0 Å². The molecule has 6 nitrogen and oxygen atoms in total. The predicted octanol–water partition coefficient (Wildman–Crippen LogP) is 2.07. The van der Waals surface area contributed by atoms with Crippen LogP contribution in [0.3, 0.4) is 0 Å². The van der Waals surface area contributed by atoms with Gasteiger partial charge in [-0.1, -0.05) is 0 Å². The van der Waals surface area contributed by atoms with Crippen molar-refractivity contribution in [3.8, 4) is 0 Å². The number of aromatic nitrogens is 1. The zero-order valence-corrected chi connectivity index (χ0v) is 15.0. The van der Waals surface area contributed by atoms with Gasteiger partial charge in [-0.3, -0.25) is 14.1 Å². The second-order valence-electron chi connectivity index (χ2n) is 5.60. The summed E-state index contributed by atoms with van der Waals surface area (Å²) >= 11 is 3.38. The second-order valence-corrected chi connectivity index (χ2v) is 6.52. The summed E-state index contributed by atoms with van der Waals surface area (Å²) in [7, 11) is 0. The van der Waals surface area contributed by atoms with Crippen molar-refractivity contribution >= 4 is 27.4 Å². The average molecular weight is 395 g/mol. The molecule has 0 N–H and O–H groups in total. The molecular weight excluding hydrogens is 376 g/mol. The Labute approximate surface area is 148 Å². The number of rotatable bonds is 4. The highest BCUT2D eigenvalue weighted by Gasteiger charge is 2.19. The molecule has 0 aliphatic carbocycles. The number of nitrogens with zero attached hydrogens (tertiary/aromatic N) is 2. The van der Waals surface area contributed by atoms with E-state index >= 15 is 0 Å². The summed E-state index contributed by atoms with van der Waals surface area (Å²) in [5.41, 5.74) is 1.42. The van der Waals surface area contributed by atoms with E-state index in [9.17, 15) is 9.59 Å². The maximum absolute atomic E-state index is 12.6. The zero-order chi connectivity index (χ0) is 17.1. The third kappa shape index (κ3) is 3.53. The molecule has 2 aromatic rings. The van der Waals surface area contributed by atoms with Crippen LogP contribution in [0, 0.1) is 0 Å². The Balaban J connectivity index is 2.09. The van der Waals surface area contributed by atoms with Crippen molar-refractivity contribution in [1.29, 1.82) is 0 Å². The molecule has 0 bridgehead atoms. The monoisotopic (exact) mass is 394 g/mol. The number of hydrogen-bond donors (Lipinski definition) is 0. The molecule has 0 amide bonds. The molecule has 1 fully saturated rings. The van der Waals surface area contributed by atoms with Gasteiger partial charge in [-0.05, 0) is 46.6 Å². The van der Waals surface area contributed by atoms with E-state index in [0.717, 1.165) is 28.6 Å². The molecule has 1 aliphatic heterocycles. The topological polar surface area (TPSA) is 60.2 Å². The summed E-state index contributed by atoms with van der Waals surface area (Å²) in [6.07, 6.45) is 1.68. The molecule has 0 saturated carbocycles. The Morgan fingerprint density at radius 3 is 2.79 bits per heavy atom. The fourth-order valence-electron chi connectivity index (χ4n) is 2.83. The highest BCUT2D eigenvalue weighted by atomic mass is 79.9. The number of carbonyl (C=O) groups excluding carboxylic acids is 1. The van der Waals surface area contributed by atoms with Gasteiger partial charge in [0, 0.05) is 30.3 Å². The summed E-state index contributed by atoms with van der Waals surface area (Å²) in [6, 6.07) is 5.44. The summed E-state index contributed by atoms with van der Waals surface area (Å²) in [5.74, 6) is -0.583. The van der Waals surface area contributed by atoms with Crippen LogP contribution in [0.5, 0.6) is 0 Å². The summed E-state index contributed by atoms with van der Waals surface area (Å²) in [5, 5.41) is 0. The number of hydrogen-bond acceptors (Lipinski definition) is 5. The van der Waals surface area contributed by atoms with Gasteiger partial charge in [-0.2, -0.15) is 0 Å². The molecule has 1 saturated heterocycles. The molecule has 0 radical (unpaired) electrons. The Bertz CT molecular complexity index is 812. The maximum atomic E-state index is 12.6. The lowest BCUT2D eigenvalue weighted by atomic mass is 10.1. The van der Waals surface area contributed by atoms with Crippen LogP contribution in [0.1, 0.15) is 22.8 Å². The standard InChI is InChI=1S/C17H19BrN2O4/c1-2-24-17(22)14-9-12(10-19-5-7-23-8-6-19)15-4-3-13(18)11-20(15)16(14)21/h3-4,9,11H,2,5-8,10H2,1H3. The van der Waals surface area contributed by atoms with Crippen LogP contribution < -0.4 is 5.56 Å². The van der Waals surface area contributed by atoms with E-state index in [-0.39, 0.29) is 17.7 Å². The molecule has 3 heterocycles. The van der Waals surface area contributed by atoms with E-state index in [4.69, 9.17) is 9.47 Å². The molecule has 0 spiro atoms. The van der Waals surface area contributed by atoms with Crippen LogP contribution in [-0.4, -0.2) is 48.2 Å². The van der Waals surface area contributed by atoms with Gasteiger partial charge in [-0.25, -0.2) is 4.79 Å². The Kier molecular flexibility index (Phi) is 5.33. The highest BCUT2D eigenvalue weighted by Crippen LogP contribution is 2.18. The Morgan fingerprint density at radius 1 is 1.33 bits per heavy atom. The number of pyridine rings is 2. The third-order valence-electron chi connectivity index (χ3n) is 4.00. The highest BCUT2D eigenvalue weighted by molar-refractivity contribution is 9.10. The largest absolute Gasteiger partial charge is 0.462 e. The average Bonchev–Trinajstić information content (AvgIpc) is 2.58. The fraction of sp³-hybridized carbons (Fsp3) is 0.412. The van der Waals surface area contributed by atoms with E-state index in [1.807, 2.05) is 12.1 Å². The zero-order valence-electron chi connectivity index (χ0n) is 13.5. The number of fused-ring (bicyclic) bond motifs is 1. The summed E-state index contributed by atoms with van der Waals surface area (Å²) in [4.78, 5) is 27.1. The molecular formula is C17H19BrN2O4. The van der Waals surface area contributed by atoms with Crippen molar-refractivity contribution in [3.05, 3.63) is 50.3 Å². The van der Waals surface area contributed by atoms with Gasteiger partial charge >= 0.3 is 5.97 Å². The van der Waals surface area contributed by atoms with E-state index in [2.05, 4.69) is 20.8 Å². The van der Waals surface area contributed by atoms with Crippen LogP contribution in [-0.2, 0) is 16.0 Å². The predicted molar refractivity (Wildman–Crippen MR) is 93.4 cm³/mol. The molecule has 2 aromatic heterocycles. The fourth-order valence-corrected chi connectivity index (χ4v) is 3.16. The van der Waals surface area contributed by atoms with Gasteiger partial charge in [0.05, 0.1) is 25.3 Å². The number of esters is 1. The SMILES string of the molecule is CCOC(=O)c1cc(CN2CCOCC2)c2ccc(Br)cn2c1=O. The molecule has 7 heteroatoms. The van der Waals surface area contributed by atoms with Crippen molar-refractivity contribution < 1.29 is 14.3 Å². The lowest BCUT2D eigenvalue weighted by Gasteiger charge is -2.27. The minimum atomic E-state index is -0.583. The quantitative estimate of drug-likeness (QED) is 0.742. The minimum Gasteiger partial charge on any atom is -0.462 e. The second kappa shape index (κ2) is 7.46. The minimum absolute atomic E-state index is 0.0655. The normalized spacial score (nSPS) is 15.6. The first kappa shape index (κ1) is 17.1. The van der Waals surface area contributed by atoms with Gasteiger partial charge in [-0.15, -0.1) is 0 Å². The summed E-state index contributed by atoms with van der Waals surface area (Å²) < 4.78 is 12.7. The molecule has 0 atom stereocenters. The van der Waals surface area contributed by atoms with Crippen molar-refractivity contribution in [3.63, 3.8) is 0 Å². The van der Waals surface area contributed by atoms with Gasteiger partial charge < -0.3 is 9.47 Å². The van der Waals surface area contributed by atoms with Gasteiger partial charge in [0.2, 0.25) is 0 Å². The van der Waals surface area contributed by atoms with Crippen LogP contribution in [0.25, 0.3) is 5.52 Å². The van der Waals surface area contributed by atoms with Gasteiger partial charge in [0.1, 0.15) is 5.56 Å². The molecule has 0 unspecified atom stereocenters. The molecule has 1 aliphatic rings. The van der Waals surface area contributed by atoms with Gasteiger partial charge in [0.15, 0.2) is 0 Å². The first-order valence-corrected chi connectivity index (χ1v) is 8.70. The first-order chi connectivity index (χ1) is 11.6. The number of morpholine rings is 1. The molecule has 0 aromatic carbocycles. The van der Waals surface area contributed by atoms with Crippen LogP contribution in [0.2, 0.25) is 0 Å². The third-order valence-corrected chi connectivity index (χ3v) is 4.47. The Morgan fingerprint density at radius 2 is 2.08 bits per heavy atom. The van der Waals surface area contributed by atoms with Crippen molar-refractivity contribution in [1.82, 2.24) is 9.30 Å². The van der Waals surface area contributed by atoms with Crippen LogP contribution in [0.4, 0.5) is 0 Å². The Hall–Kier alpha value is -1.70. The summed E-state index contributed by atoms with van der Waals surface area (Å²) in [6.45, 7) is 5.66. The maximum Gasteiger partial charge on any atom is 0.343 e. The molecule has 3 rings (SSSR count). The van der Waals surface area contributed by atoms with Gasteiger partial charge in [0.25, 0.3) is 5.56 Å². The molecule has 128 valence electrons. The number of halogens is 1. The van der Waals surface area contributed by atoms with E-state index < -0.39 is 5.97 Å². The van der Waals surface area contributed by atoms with E-state index in [1.165, 1.54) is 4.40 Å².